The molecular formula is C32H35N3O3. The number of aromatic nitrogens is 2. The molecule has 0 saturated heterocycles. The average molecular weight is 510 g/mol. The van der Waals surface area contributed by atoms with Gasteiger partial charge < -0.3 is 19.4 Å². The van der Waals surface area contributed by atoms with Gasteiger partial charge in [0.2, 0.25) is 5.91 Å². The summed E-state index contributed by atoms with van der Waals surface area (Å²) in [6, 6.07) is 22.1. The number of carbonyl (C=O) groups excluding carboxylic acids is 1. The molecule has 196 valence electrons. The number of fused-ring (bicyclic) bond motifs is 2. The number of imidazole rings is 1. The number of nitrogens with one attached hydrogen (secondary N) is 1. The van der Waals surface area contributed by atoms with Crippen LogP contribution in [0.1, 0.15) is 61.8 Å². The van der Waals surface area contributed by atoms with Crippen molar-refractivity contribution in [3.63, 3.8) is 0 Å². The number of hydrogen-bond donors (Lipinski definition) is 1. The lowest BCUT2D eigenvalue weighted by Crippen LogP contribution is -2.23. The van der Waals surface area contributed by atoms with Crippen molar-refractivity contribution < 1.29 is 14.3 Å². The number of ether oxygens (including phenoxy) is 2. The number of anilines is 1. The zero-order chi connectivity index (χ0) is 26.5. The molecule has 0 saturated carbocycles. The van der Waals surface area contributed by atoms with Crippen LogP contribution in [0.25, 0.3) is 0 Å². The molecule has 6 nitrogen and oxygen atoms in total. The van der Waals surface area contributed by atoms with Gasteiger partial charge in [0.1, 0.15) is 11.5 Å². The fourth-order valence-electron chi connectivity index (χ4n) is 5.05. The second-order valence-corrected chi connectivity index (χ2v) is 10.8. The molecule has 5 rings (SSSR count). The number of hydrogen-bond acceptors (Lipinski definition) is 4. The van der Waals surface area contributed by atoms with Gasteiger partial charge in [-0.1, -0.05) is 75.4 Å². The Hall–Kier alpha value is -3.90. The SMILES string of the molecule is CC(C)(C)c1cccc(COCCCn2ccnc2)c1NC(=O)CC1c2ccccc2Oc2ccccc21. The summed E-state index contributed by atoms with van der Waals surface area (Å²) in [5, 5.41) is 3.29. The molecule has 0 unspecified atom stereocenters. The average Bonchev–Trinajstić information content (AvgIpc) is 3.42. The van der Waals surface area contributed by atoms with Crippen molar-refractivity contribution >= 4 is 11.6 Å². The third-order valence-corrected chi connectivity index (χ3v) is 6.94. The number of para-hydroxylation sites is 3. The van der Waals surface area contributed by atoms with Crippen molar-refractivity contribution in [2.75, 3.05) is 11.9 Å². The molecule has 4 aromatic rings. The minimum absolute atomic E-state index is 0.0282. The Morgan fingerprint density at radius 3 is 2.37 bits per heavy atom. The van der Waals surface area contributed by atoms with Crippen LogP contribution in [0.15, 0.2) is 85.5 Å². The summed E-state index contributed by atoms with van der Waals surface area (Å²) >= 11 is 0. The molecule has 1 aliphatic heterocycles. The highest BCUT2D eigenvalue weighted by Gasteiger charge is 2.29. The summed E-state index contributed by atoms with van der Waals surface area (Å²) in [5.41, 5.74) is 4.86. The van der Waals surface area contributed by atoms with E-state index in [4.69, 9.17) is 9.47 Å². The van der Waals surface area contributed by atoms with E-state index in [1.807, 2.05) is 65.6 Å². The van der Waals surface area contributed by atoms with Crippen LogP contribution in [0.3, 0.4) is 0 Å². The quantitative estimate of drug-likeness (QED) is 0.246. The molecule has 1 amide bonds. The molecule has 0 radical (unpaired) electrons. The van der Waals surface area contributed by atoms with Crippen molar-refractivity contribution in [1.29, 1.82) is 0 Å². The van der Waals surface area contributed by atoms with Crippen LogP contribution in [0.5, 0.6) is 11.5 Å². The summed E-state index contributed by atoms with van der Waals surface area (Å²) in [6.45, 7) is 8.42. The van der Waals surface area contributed by atoms with Crippen LogP contribution in [0.4, 0.5) is 5.69 Å². The first-order valence-corrected chi connectivity index (χ1v) is 13.2. The summed E-state index contributed by atoms with van der Waals surface area (Å²) in [7, 11) is 0. The number of amides is 1. The second-order valence-electron chi connectivity index (χ2n) is 10.8. The van der Waals surface area contributed by atoms with Gasteiger partial charge in [-0.2, -0.15) is 0 Å². The van der Waals surface area contributed by atoms with Gasteiger partial charge in [-0.3, -0.25) is 4.79 Å². The van der Waals surface area contributed by atoms with Crippen molar-refractivity contribution in [1.82, 2.24) is 9.55 Å². The van der Waals surface area contributed by atoms with Gasteiger partial charge >= 0.3 is 0 Å². The van der Waals surface area contributed by atoms with Crippen LogP contribution >= 0.6 is 0 Å². The van der Waals surface area contributed by atoms with E-state index in [1.165, 1.54) is 0 Å². The van der Waals surface area contributed by atoms with Crippen molar-refractivity contribution in [3.8, 4) is 11.5 Å². The minimum Gasteiger partial charge on any atom is -0.457 e. The Morgan fingerprint density at radius 1 is 1.00 bits per heavy atom. The summed E-state index contributed by atoms with van der Waals surface area (Å²) in [5.74, 6) is 1.51. The third kappa shape index (κ3) is 5.81. The monoisotopic (exact) mass is 509 g/mol. The summed E-state index contributed by atoms with van der Waals surface area (Å²) < 4.78 is 14.2. The minimum atomic E-state index is -0.141. The molecular weight excluding hydrogens is 474 g/mol. The lowest BCUT2D eigenvalue weighted by molar-refractivity contribution is -0.116. The smallest absolute Gasteiger partial charge is 0.225 e. The first-order valence-electron chi connectivity index (χ1n) is 13.2. The van der Waals surface area contributed by atoms with E-state index in [0.29, 0.717) is 19.6 Å². The molecule has 1 N–H and O–H groups in total. The summed E-state index contributed by atoms with van der Waals surface area (Å²) in [4.78, 5) is 17.7. The Bertz CT molecular complexity index is 1340. The Morgan fingerprint density at radius 2 is 1.71 bits per heavy atom. The normalized spacial score (nSPS) is 12.9. The highest BCUT2D eigenvalue weighted by molar-refractivity contribution is 5.93. The molecule has 3 aromatic carbocycles. The largest absolute Gasteiger partial charge is 0.457 e. The van der Waals surface area contributed by atoms with Gasteiger partial charge in [0.05, 0.1) is 12.9 Å². The van der Waals surface area contributed by atoms with Gasteiger partial charge in [0.25, 0.3) is 0 Å². The molecule has 0 bridgehead atoms. The topological polar surface area (TPSA) is 65.4 Å². The van der Waals surface area contributed by atoms with Gasteiger partial charge in [-0.15, -0.1) is 0 Å². The van der Waals surface area contributed by atoms with E-state index in [9.17, 15) is 4.79 Å². The second kappa shape index (κ2) is 11.2. The fourth-order valence-corrected chi connectivity index (χ4v) is 5.05. The lowest BCUT2D eigenvalue weighted by Gasteiger charge is -2.29. The van der Waals surface area contributed by atoms with Crippen LogP contribution < -0.4 is 10.1 Å². The number of nitrogens with zero attached hydrogens (tertiary/aromatic N) is 2. The Kier molecular flexibility index (Phi) is 7.61. The molecule has 1 aliphatic rings. The molecule has 6 heteroatoms. The standard InChI is InChI=1S/C32H35N3O3/c1-32(2,3)27-13-8-10-23(21-37-19-9-17-35-18-16-33-22-35)31(27)34-30(36)20-26-24-11-4-6-14-28(24)38-29-15-7-5-12-25(26)29/h4-8,10-16,18,22,26H,9,17,19-21H2,1-3H3,(H,34,36). The first kappa shape index (κ1) is 25.7. The molecule has 1 aromatic heterocycles. The number of aryl methyl sites for hydroxylation is 1. The zero-order valence-electron chi connectivity index (χ0n) is 22.3. The summed E-state index contributed by atoms with van der Waals surface area (Å²) in [6.07, 6.45) is 6.76. The Balaban J connectivity index is 1.33. The molecule has 0 spiro atoms. The molecule has 38 heavy (non-hydrogen) atoms. The van der Waals surface area contributed by atoms with Gasteiger partial charge in [-0.05, 0) is 29.5 Å². The van der Waals surface area contributed by atoms with E-state index in [2.05, 4.69) is 49.3 Å². The maximum Gasteiger partial charge on any atom is 0.225 e. The molecule has 0 aliphatic carbocycles. The van der Waals surface area contributed by atoms with Gasteiger partial charge in [0, 0.05) is 60.3 Å². The van der Waals surface area contributed by atoms with Crippen LogP contribution in [-0.4, -0.2) is 22.1 Å². The van der Waals surface area contributed by atoms with E-state index >= 15 is 0 Å². The number of carbonyl (C=O) groups is 1. The third-order valence-electron chi connectivity index (χ3n) is 6.94. The van der Waals surface area contributed by atoms with Crippen molar-refractivity contribution in [2.45, 2.75) is 58.1 Å². The number of benzene rings is 3. The predicted molar refractivity (Wildman–Crippen MR) is 150 cm³/mol. The lowest BCUT2D eigenvalue weighted by atomic mass is 9.83. The maximum absolute atomic E-state index is 13.6. The van der Waals surface area contributed by atoms with Gasteiger partial charge in [0.15, 0.2) is 0 Å². The van der Waals surface area contributed by atoms with Crippen molar-refractivity contribution in [3.05, 3.63) is 108 Å². The first-order chi connectivity index (χ1) is 18.4. The van der Waals surface area contributed by atoms with E-state index in [-0.39, 0.29) is 17.2 Å². The fraction of sp³-hybridized carbons (Fsp3) is 0.312. The van der Waals surface area contributed by atoms with E-state index in [0.717, 1.165) is 52.4 Å². The molecule has 0 atom stereocenters. The van der Waals surface area contributed by atoms with Crippen molar-refractivity contribution in [2.24, 2.45) is 0 Å². The Labute approximate surface area is 224 Å². The highest BCUT2D eigenvalue weighted by Crippen LogP contribution is 2.45. The van der Waals surface area contributed by atoms with Gasteiger partial charge in [-0.25, -0.2) is 4.98 Å². The van der Waals surface area contributed by atoms with E-state index in [1.54, 1.807) is 6.20 Å². The zero-order valence-corrected chi connectivity index (χ0v) is 22.3. The van der Waals surface area contributed by atoms with Crippen LogP contribution in [0.2, 0.25) is 0 Å². The predicted octanol–water partition coefficient (Wildman–Crippen LogP) is 7.05. The molecule has 0 fully saturated rings. The highest BCUT2D eigenvalue weighted by atomic mass is 16.5. The number of rotatable bonds is 9. The van der Waals surface area contributed by atoms with E-state index < -0.39 is 0 Å². The maximum atomic E-state index is 13.6. The van der Waals surface area contributed by atoms with Crippen LogP contribution in [-0.2, 0) is 28.1 Å². The molecule has 2 heterocycles. The van der Waals surface area contributed by atoms with Crippen LogP contribution in [0, 0.1) is 0 Å².